The van der Waals surface area contributed by atoms with E-state index in [9.17, 15) is 13.2 Å². The second-order valence-corrected chi connectivity index (χ2v) is 8.58. The van der Waals surface area contributed by atoms with E-state index < -0.39 is 10.0 Å². The number of anilines is 1. The maximum atomic E-state index is 12.4. The average Bonchev–Trinajstić information content (AvgIpc) is 3.17. The molecular weight excluding hydrogens is 358 g/mol. The highest BCUT2D eigenvalue weighted by Gasteiger charge is 2.27. The molecule has 0 saturated carbocycles. The minimum atomic E-state index is -3.45. The van der Waals surface area contributed by atoms with Gasteiger partial charge in [-0.1, -0.05) is 30.0 Å². The molecule has 8 heteroatoms. The molecule has 1 aromatic heterocycles. The number of hydrogen-bond acceptors (Lipinski definition) is 5. The standard InChI is InChI=1S/C17H19N3O3S2/c21-16(19-14-6-2-1-3-7-14)13-24-17-9-8-15(12-18-17)25(22,23)20-10-4-5-11-20/h1-3,6-9,12H,4-5,10-11,13H2,(H,19,21). The Hall–Kier alpha value is -1.90. The first-order chi connectivity index (χ1) is 12.1. The zero-order valence-corrected chi connectivity index (χ0v) is 15.2. The van der Waals surface area contributed by atoms with Crippen LogP contribution in [0.3, 0.4) is 0 Å². The molecule has 2 heterocycles. The number of pyridine rings is 1. The van der Waals surface area contributed by atoms with Crippen LogP contribution in [0.4, 0.5) is 5.69 Å². The molecule has 132 valence electrons. The molecule has 0 atom stereocenters. The summed E-state index contributed by atoms with van der Waals surface area (Å²) in [5, 5.41) is 3.41. The van der Waals surface area contributed by atoms with Crippen LogP contribution in [0.15, 0.2) is 58.6 Å². The van der Waals surface area contributed by atoms with Crippen LogP contribution in [0.5, 0.6) is 0 Å². The first-order valence-corrected chi connectivity index (χ1v) is 10.4. The Morgan fingerprint density at radius 2 is 1.84 bits per heavy atom. The van der Waals surface area contributed by atoms with Gasteiger partial charge in [0, 0.05) is 25.0 Å². The molecule has 0 unspecified atom stereocenters. The van der Waals surface area contributed by atoms with Gasteiger partial charge in [0.15, 0.2) is 0 Å². The summed E-state index contributed by atoms with van der Waals surface area (Å²) < 4.78 is 26.4. The van der Waals surface area contributed by atoms with Crippen LogP contribution in [-0.4, -0.2) is 42.5 Å². The van der Waals surface area contributed by atoms with Crippen molar-refractivity contribution in [3.8, 4) is 0 Å². The van der Waals surface area contributed by atoms with Crippen molar-refractivity contribution in [2.75, 3.05) is 24.2 Å². The summed E-state index contributed by atoms with van der Waals surface area (Å²) in [6.45, 7) is 1.14. The van der Waals surface area contributed by atoms with Crippen LogP contribution >= 0.6 is 11.8 Å². The molecule has 1 N–H and O–H groups in total. The van der Waals surface area contributed by atoms with Gasteiger partial charge in [0.25, 0.3) is 0 Å². The molecule has 6 nitrogen and oxygen atoms in total. The number of sulfonamides is 1. The predicted molar refractivity (Wildman–Crippen MR) is 98.0 cm³/mol. The molecule has 0 spiro atoms. The van der Waals surface area contributed by atoms with Crippen LogP contribution < -0.4 is 5.32 Å². The number of amides is 1. The van der Waals surface area contributed by atoms with Crippen molar-refractivity contribution in [3.63, 3.8) is 0 Å². The molecule has 0 bridgehead atoms. The maximum Gasteiger partial charge on any atom is 0.244 e. The van der Waals surface area contributed by atoms with E-state index in [0.29, 0.717) is 18.1 Å². The Morgan fingerprint density at radius 3 is 2.48 bits per heavy atom. The quantitative estimate of drug-likeness (QED) is 0.783. The molecule has 1 aliphatic heterocycles. The fourth-order valence-corrected chi connectivity index (χ4v) is 4.65. The van der Waals surface area contributed by atoms with Gasteiger partial charge in [-0.2, -0.15) is 4.31 Å². The third-order valence-electron chi connectivity index (χ3n) is 3.82. The minimum absolute atomic E-state index is 0.133. The number of benzene rings is 1. The Kier molecular flexibility index (Phi) is 5.72. The fourth-order valence-electron chi connectivity index (χ4n) is 2.54. The molecule has 25 heavy (non-hydrogen) atoms. The van der Waals surface area contributed by atoms with Crippen molar-refractivity contribution in [2.45, 2.75) is 22.8 Å². The van der Waals surface area contributed by atoms with Crippen LogP contribution in [0, 0.1) is 0 Å². The van der Waals surface area contributed by atoms with Gasteiger partial charge in [-0.05, 0) is 37.1 Å². The molecule has 1 aliphatic rings. The number of para-hydroxylation sites is 1. The van der Waals surface area contributed by atoms with E-state index >= 15 is 0 Å². The summed E-state index contributed by atoms with van der Waals surface area (Å²) in [4.78, 5) is 16.3. The highest BCUT2D eigenvalue weighted by atomic mass is 32.2. The third kappa shape index (κ3) is 4.59. The largest absolute Gasteiger partial charge is 0.325 e. The molecular formula is C17H19N3O3S2. The van der Waals surface area contributed by atoms with E-state index in [2.05, 4.69) is 10.3 Å². The molecule has 1 aromatic carbocycles. The normalized spacial score (nSPS) is 15.2. The van der Waals surface area contributed by atoms with Gasteiger partial charge in [0.1, 0.15) is 4.90 Å². The van der Waals surface area contributed by atoms with E-state index in [4.69, 9.17) is 0 Å². The van der Waals surface area contributed by atoms with E-state index in [1.807, 2.05) is 30.3 Å². The lowest BCUT2D eigenvalue weighted by Crippen LogP contribution is -2.27. The number of carbonyl (C=O) groups is 1. The lowest BCUT2D eigenvalue weighted by atomic mass is 10.3. The Bertz CT molecular complexity index is 818. The molecule has 1 amide bonds. The average molecular weight is 377 g/mol. The second kappa shape index (κ2) is 7.99. The topological polar surface area (TPSA) is 79.4 Å². The molecule has 3 rings (SSSR count). The number of thioether (sulfide) groups is 1. The summed E-state index contributed by atoms with van der Waals surface area (Å²) >= 11 is 1.27. The van der Waals surface area contributed by atoms with Crippen LogP contribution in [0.1, 0.15) is 12.8 Å². The lowest BCUT2D eigenvalue weighted by molar-refractivity contribution is -0.113. The van der Waals surface area contributed by atoms with Crippen molar-refractivity contribution in [3.05, 3.63) is 48.7 Å². The van der Waals surface area contributed by atoms with E-state index in [1.54, 1.807) is 12.1 Å². The van der Waals surface area contributed by atoms with Crippen molar-refractivity contribution in [2.24, 2.45) is 0 Å². The smallest absolute Gasteiger partial charge is 0.244 e. The monoisotopic (exact) mass is 377 g/mol. The van der Waals surface area contributed by atoms with Crippen molar-refractivity contribution < 1.29 is 13.2 Å². The van der Waals surface area contributed by atoms with Crippen molar-refractivity contribution in [1.82, 2.24) is 9.29 Å². The predicted octanol–water partition coefficient (Wildman–Crippen LogP) is 2.60. The zero-order valence-electron chi connectivity index (χ0n) is 13.6. The van der Waals surface area contributed by atoms with Gasteiger partial charge in [-0.3, -0.25) is 4.79 Å². The van der Waals surface area contributed by atoms with E-state index in [1.165, 1.54) is 22.3 Å². The Morgan fingerprint density at radius 1 is 1.12 bits per heavy atom. The van der Waals surface area contributed by atoms with Gasteiger partial charge in [0.05, 0.1) is 10.8 Å². The summed E-state index contributed by atoms with van der Waals surface area (Å²) in [6.07, 6.45) is 3.17. The first kappa shape index (κ1) is 17.9. The third-order valence-corrected chi connectivity index (χ3v) is 6.65. The first-order valence-electron chi connectivity index (χ1n) is 7.99. The van der Waals surface area contributed by atoms with Gasteiger partial charge in [0.2, 0.25) is 15.9 Å². The second-order valence-electron chi connectivity index (χ2n) is 5.65. The number of aromatic nitrogens is 1. The van der Waals surface area contributed by atoms with E-state index in [-0.39, 0.29) is 16.6 Å². The van der Waals surface area contributed by atoms with E-state index in [0.717, 1.165) is 18.5 Å². The van der Waals surface area contributed by atoms with Gasteiger partial charge >= 0.3 is 0 Å². The zero-order chi connectivity index (χ0) is 17.7. The highest BCUT2D eigenvalue weighted by molar-refractivity contribution is 7.99. The number of nitrogens with one attached hydrogen (secondary N) is 1. The summed E-state index contributed by atoms with van der Waals surface area (Å²) in [5.41, 5.74) is 0.744. The maximum absolute atomic E-state index is 12.4. The van der Waals surface area contributed by atoms with Crippen molar-refractivity contribution in [1.29, 1.82) is 0 Å². The lowest BCUT2D eigenvalue weighted by Gasteiger charge is -2.15. The summed E-state index contributed by atoms with van der Waals surface area (Å²) in [7, 11) is -3.45. The summed E-state index contributed by atoms with van der Waals surface area (Å²) in [5.74, 6) is 0.0758. The number of hydrogen-bond donors (Lipinski definition) is 1. The number of nitrogens with zero attached hydrogens (tertiary/aromatic N) is 2. The molecule has 0 radical (unpaired) electrons. The molecule has 1 saturated heterocycles. The van der Waals surface area contributed by atoms with Crippen molar-refractivity contribution >= 4 is 33.4 Å². The minimum Gasteiger partial charge on any atom is -0.325 e. The Balaban J connectivity index is 1.56. The SMILES string of the molecule is O=C(CSc1ccc(S(=O)(=O)N2CCCC2)cn1)Nc1ccccc1. The molecule has 0 aliphatic carbocycles. The Labute approximate surface area is 151 Å². The van der Waals surface area contributed by atoms with Gasteiger partial charge in [-0.15, -0.1) is 0 Å². The van der Waals surface area contributed by atoms with Gasteiger partial charge in [-0.25, -0.2) is 13.4 Å². The van der Waals surface area contributed by atoms with Crippen LogP contribution in [-0.2, 0) is 14.8 Å². The molecule has 1 fully saturated rings. The number of carbonyl (C=O) groups excluding carboxylic acids is 1. The van der Waals surface area contributed by atoms with Crippen LogP contribution in [0.2, 0.25) is 0 Å². The number of rotatable bonds is 6. The van der Waals surface area contributed by atoms with Gasteiger partial charge < -0.3 is 5.32 Å². The highest BCUT2D eigenvalue weighted by Crippen LogP contribution is 2.22. The molecule has 2 aromatic rings. The fraction of sp³-hybridized carbons (Fsp3) is 0.294. The summed E-state index contributed by atoms with van der Waals surface area (Å²) in [6, 6.07) is 12.4. The van der Waals surface area contributed by atoms with Crippen LogP contribution in [0.25, 0.3) is 0 Å².